The van der Waals surface area contributed by atoms with Gasteiger partial charge in [-0.2, -0.15) is 13.2 Å². The number of nitrogens with one attached hydrogen (secondary N) is 1. The normalized spacial score (nSPS) is 11.7. The lowest BCUT2D eigenvalue weighted by atomic mass is 10.1. The van der Waals surface area contributed by atoms with Gasteiger partial charge in [0, 0.05) is 29.3 Å². The molecule has 0 saturated carbocycles. The van der Waals surface area contributed by atoms with E-state index >= 15 is 0 Å². The summed E-state index contributed by atoms with van der Waals surface area (Å²) in [5.74, 6) is -2.57. The van der Waals surface area contributed by atoms with Gasteiger partial charge in [0.15, 0.2) is 11.6 Å². The van der Waals surface area contributed by atoms with Crippen LogP contribution in [0, 0.1) is 12.7 Å². The second kappa shape index (κ2) is 9.02. The fourth-order valence-corrected chi connectivity index (χ4v) is 3.53. The molecule has 9 heteroatoms. The number of carbonyl (C=O) groups excluding carboxylic acids is 2. The van der Waals surface area contributed by atoms with E-state index in [1.165, 1.54) is 0 Å². The lowest BCUT2D eigenvalue weighted by Crippen LogP contribution is -2.26. The van der Waals surface area contributed by atoms with Crippen molar-refractivity contribution in [3.05, 3.63) is 64.6 Å². The van der Waals surface area contributed by atoms with E-state index in [1.807, 2.05) is 6.92 Å². The van der Waals surface area contributed by atoms with E-state index in [1.54, 1.807) is 6.92 Å². The highest BCUT2D eigenvalue weighted by atomic mass is 19.4. The van der Waals surface area contributed by atoms with Crippen LogP contribution in [0.5, 0.6) is 5.75 Å². The number of phenols is 1. The molecule has 5 nitrogen and oxygen atoms in total. The zero-order chi connectivity index (χ0) is 23.6. The van der Waals surface area contributed by atoms with Gasteiger partial charge in [0.1, 0.15) is 0 Å². The maximum atomic E-state index is 14.1. The van der Waals surface area contributed by atoms with Crippen LogP contribution in [0.3, 0.4) is 0 Å². The van der Waals surface area contributed by atoms with Gasteiger partial charge in [-0.3, -0.25) is 14.2 Å². The number of amides is 1. The first-order valence-electron chi connectivity index (χ1n) is 10.1. The lowest BCUT2D eigenvalue weighted by Gasteiger charge is -2.10. The molecule has 0 bridgehead atoms. The maximum absolute atomic E-state index is 14.1. The van der Waals surface area contributed by atoms with Gasteiger partial charge in [-0.25, -0.2) is 4.39 Å². The first-order chi connectivity index (χ1) is 15.0. The van der Waals surface area contributed by atoms with E-state index in [-0.39, 0.29) is 23.4 Å². The Hall–Kier alpha value is -3.36. The van der Waals surface area contributed by atoms with Gasteiger partial charge in [0.25, 0.3) is 5.91 Å². The van der Waals surface area contributed by atoms with E-state index in [0.717, 1.165) is 53.8 Å². The Morgan fingerprint density at radius 3 is 2.38 bits per heavy atom. The molecular formula is C23H22F4N2O3. The summed E-state index contributed by atoms with van der Waals surface area (Å²) in [6, 6.07) is 5.79. The Balaban J connectivity index is 2.06. The standard InChI is InChI=1S/C23H22F4N2O3/c1-3-4-9-28-21(31)11-16-13(2)29(19-12-18(24)20(30)10-17(16)19)22(32)14-5-7-15(8-6-14)23(25,26)27/h5-8,10,12,30H,3-4,9,11H2,1-2H3,(H,28,31). The van der Waals surface area contributed by atoms with Crippen molar-refractivity contribution in [2.45, 2.75) is 39.3 Å². The van der Waals surface area contributed by atoms with Crippen LogP contribution in [-0.2, 0) is 17.4 Å². The number of nitrogens with zero attached hydrogens (tertiary/aromatic N) is 1. The number of alkyl halides is 3. The third kappa shape index (κ3) is 4.61. The Morgan fingerprint density at radius 1 is 1.12 bits per heavy atom. The molecule has 2 N–H and O–H groups in total. The summed E-state index contributed by atoms with van der Waals surface area (Å²) in [5.41, 5.74) is -0.0712. The smallest absolute Gasteiger partial charge is 0.416 e. The van der Waals surface area contributed by atoms with Crippen LogP contribution in [0.4, 0.5) is 17.6 Å². The quantitative estimate of drug-likeness (QED) is 0.412. The molecule has 0 fully saturated rings. The Bertz CT molecular complexity index is 1160. The van der Waals surface area contributed by atoms with Crippen LogP contribution in [0.2, 0.25) is 0 Å². The molecule has 0 aliphatic carbocycles. The first kappa shape index (κ1) is 23.3. The highest BCUT2D eigenvalue weighted by Gasteiger charge is 2.30. The minimum absolute atomic E-state index is 0.0366. The third-order valence-corrected chi connectivity index (χ3v) is 5.26. The first-order valence-corrected chi connectivity index (χ1v) is 10.1. The summed E-state index contributed by atoms with van der Waals surface area (Å²) >= 11 is 0. The number of aromatic nitrogens is 1. The number of halogens is 4. The minimum Gasteiger partial charge on any atom is -0.505 e. The monoisotopic (exact) mass is 450 g/mol. The lowest BCUT2D eigenvalue weighted by molar-refractivity contribution is -0.137. The van der Waals surface area contributed by atoms with Crippen LogP contribution in [-0.4, -0.2) is 28.0 Å². The molecule has 170 valence electrons. The van der Waals surface area contributed by atoms with Crippen LogP contribution in [0.15, 0.2) is 36.4 Å². The SMILES string of the molecule is CCCCNC(=O)Cc1c(C)n(C(=O)c2ccc(C(F)(F)F)cc2)c2cc(F)c(O)cc12. The van der Waals surface area contributed by atoms with Crippen molar-refractivity contribution < 1.29 is 32.3 Å². The number of aromatic hydroxyl groups is 1. The Kier molecular flexibility index (Phi) is 6.57. The Morgan fingerprint density at radius 2 is 1.78 bits per heavy atom. The fourth-order valence-electron chi connectivity index (χ4n) is 3.53. The molecule has 0 saturated heterocycles. The highest BCUT2D eigenvalue weighted by molar-refractivity contribution is 6.05. The largest absolute Gasteiger partial charge is 0.505 e. The van der Waals surface area contributed by atoms with Crippen molar-refractivity contribution in [2.75, 3.05) is 6.54 Å². The molecule has 3 aromatic rings. The number of hydrogen-bond donors (Lipinski definition) is 2. The minimum atomic E-state index is -4.55. The molecule has 3 rings (SSSR count). The van der Waals surface area contributed by atoms with E-state index < -0.39 is 29.2 Å². The molecule has 0 spiro atoms. The molecule has 0 radical (unpaired) electrons. The van der Waals surface area contributed by atoms with Gasteiger partial charge < -0.3 is 10.4 Å². The predicted molar refractivity (Wildman–Crippen MR) is 111 cm³/mol. The number of fused-ring (bicyclic) bond motifs is 1. The van der Waals surface area contributed by atoms with Gasteiger partial charge in [0.2, 0.25) is 5.91 Å². The molecular weight excluding hydrogens is 428 g/mol. The van der Waals surface area contributed by atoms with Crippen molar-refractivity contribution in [1.82, 2.24) is 9.88 Å². The number of carbonyl (C=O) groups is 2. The Labute approximate surface area is 181 Å². The van der Waals surface area contributed by atoms with Crippen LogP contribution in [0.25, 0.3) is 10.9 Å². The molecule has 2 aromatic carbocycles. The average molecular weight is 450 g/mol. The van der Waals surface area contributed by atoms with Crippen molar-refractivity contribution in [3.63, 3.8) is 0 Å². The van der Waals surface area contributed by atoms with E-state index in [9.17, 15) is 32.3 Å². The van der Waals surface area contributed by atoms with Crippen LogP contribution in [0.1, 0.15) is 46.9 Å². The molecule has 0 unspecified atom stereocenters. The molecule has 32 heavy (non-hydrogen) atoms. The average Bonchev–Trinajstić information content (AvgIpc) is 2.98. The summed E-state index contributed by atoms with van der Waals surface area (Å²) in [6.07, 6.45) is -2.96. The second-order valence-electron chi connectivity index (χ2n) is 7.48. The van der Waals surface area contributed by atoms with Gasteiger partial charge in [-0.05, 0) is 49.2 Å². The zero-order valence-corrected chi connectivity index (χ0v) is 17.5. The van der Waals surface area contributed by atoms with Crippen LogP contribution < -0.4 is 5.32 Å². The number of hydrogen-bond acceptors (Lipinski definition) is 3. The summed E-state index contributed by atoms with van der Waals surface area (Å²) < 4.78 is 53.8. The summed E-state index contributed by atoms with van der Waals surface area (Å²) in [6.45, 7) is 4.02. The van der Waals surface area contributed by atoms with Crippen molar-refractivity contribution >= 4 is 22.7 Å². The van der Waals surface area contributed by atoms with Crippen molar-refractivity contribution in [3.8, 4) is 5.75 Å². The van der Waals surface area contributed by atoms with Gasteiger partial charge in [-0.15, -0.1) is 0 Å². The molecule has 0 atom stereocenters. The third-order valence-electron chi connectivity index (χ3n) is 5.26. The molecule has 1 aromatic heterocycles. The fraction of sp³-hybridized carbons (Fsp3) is 0.304. The van der Waals surface area contributed by atoms with Gasteiger partial charge in [0.05, 0.1) is 17.5 Å². The summed E-state index contributed by atoms with van der Waals surface area (Å²) in [5, 5.41) is 12.9. The van der Waals surface area contributed by atoms with Gasteiger partial charge >= 0.3 is 6.18 Å². The zero-order valence-electron chi connectivity index (χ0n) is 17.5. The second-order valence-corrected chi connectivity index (χ2v) is 7.48. The van der Waals surface area contributed by atoms with Crippen LogP contribution >= 0.6 is 0 Å². The maximum Gasteiger partial charge on any atom is 0.416 e. The highest BCUT2D eigenvalue weighted by Crippen LogP contribution is 2.33. The molecule has 0 aliphatic heterocycles. The van der Waals surface area contributed by atoms with Crippen molar-refractivity contribution in [2.24, 2.45) is 0 Å². The number of unbranched alkanes of at least 4 members (excludes halogenated alkanes) is 1. The van der Waals surface area contributed by atoms with Gasteiger partial charge in [-0.1, -0.05) is 13.3 Å². The molecule has 1 amide bonds. The topological polar surface area (TPSA) is 71.3 Å². The number of phenolic OH excluding ortho intramolecular Hbond substituents is 1. The summed E-state index contributed by atoms with van der Waals surface area (Å²) in [7, 11) is 0. The van der Waals surface area contributed by atoms with E-state index in [4.69, 9.17) is 0 Å². The number of benzene rings is 2. The predicted octanol–water partition coefficient (Wildman–Crippen LogP) is 4.96. The van der Waals surface area contributed by atoms with E-state index in [2.05, 4.69) is 5.32 Å². The molecule has 0 aliphatic rings. The van der Waals surface area contributed by atoms with E-state index in [0.29, 0.717) is 23.2 Å². The summed E-state index contributed by atoms with van der Waals surface area (Å²) in [4.78, 5) is 25.5. The molecule has 1 heterocycles. The number of rotatable bonds is 6. The van der Waals surface area contributed by atoms with Crippen molar-refractivity contribution in [1.29, 1.82) is 0 Å².